The summed E-state index contributed by atoms with van der Waals surface area (Å²) in [4.78, 5) is 22.3. The van der Waals surface area contributed by atoms with Gasteiger partial charge in [0.05, 0.1) is 4.92 Å². The Morgan fingerprint density at radius 1 is 1.09 bits per heavy atom. The van der Waals surface area contributed by atoms with Crippen LogP contribution in [-0.4, -0.2) is 16.0 Å². The van der Waals surface area contributed by atoms with Gasteiger partial charge in [0.1, 0.15) is 5.69 Å². The van der Waals surface area contributed by atoms with Crippen molar-refractivity contribution in [1.82, 2.24) is 5.16 Å². The van der Waals surface area contributed by atoms with Gasteiger partial charge >= 0.3 is 0 Å². The first-order valence-corrected chi connectivity index (χ1v) is 6.71. The molecule has 3 aromatic rings. The van der Waals surface area contributed by atoms with Gasteiger partial charge in [-0.3, -0.25) is 14.9 Å². The number of aromatic nitrogens is 1. The molecule has 0 aliphatic carbocycles. The first kappa shape index (κ1) is 14.5. The third-order valence-corrected chi connectivity index (χ3v) is 3.12. The average Bonchev–Trinajstić information content (AvgIpc) is 3.06. The molecule has 1 aromatic heterocycles. The fourth-order valence-electron chi connectivity index (χ4n) is 2.02. The van der Waals surface area contributed by atoms with E-state index in [1.165, 1.54) is 24.3 Å². The van der Waals surface area contributed by atoms with E-state index in [1.54, 1.807) is 6.07 Å². The molecule has 0 bridgehead atoms. The Kier molecular flexibility index (Phi) is 3.84. The summed E-state index contributed by atoms with van der Waals surface area (Å²) in [5.74, 6) is -0.504. The number of amides is 1. The van der Waals surface area contributed by atoms with Crippen molar-refractivity contribution in [3.05, 3.63) is 76.5 Å². The first-order chi connectivity index (χ1) is 11.1. The monoisotopic (exact) mass is 309 g/mol. The summed E-state index contributed by atoms with van der Waals surface area (Å²) in [6.07, 6.45) is 0. The smallest absolute Gasteiger partial charge is 0.294 e. The topological polar surface area (TPSA) is 98.3 Å². The third-order valence-electron chi connectivity index (χ3n) is 3.12. The molecule has 3 rings (SSSR count). The van der Waals surface area contributed by atoms with Crippen molar-refractivity contribution in [3.8, 4) is 11.3 Å². The third kappa shape index (κ3) is 3.24. The Morgan fingerprint density at radius 3 is 2.61 bits per heavy atom. The fraction of sp³-hybridized carbons (Fsp3) is 0. The summed E-state index contributed by atoms with van der Waals surface area (Å²) in [5, 5.41) is 17.1. The van der Waals surface area contributed by atoms with E-state index >= 15 is 0 Å². The minimum absolute atomic E-state index is 0.0235. The van der Waals surface area contributed by atoms with Crippen LogP contribution in [0.2, 0.25) is 0 Å². The van der Waals surface area contributed by atoms with Crippen LogP contribution in [0.15, 0.2) is 65.2 Å². The molecule has 0 saturated heterocycles. The molecule has 1 heterocycles. The van der Waals surface area contributed by atoms with Gasteiger partial charge in [-0.05, 0) is 6.07 Å². The van der Waals surface area contributed by atoms with Crippen LogP contribution in [0.25, 0.3) is 11.3 Å². The number of benzene rings is 2. The molecule has 7 heteroatoms. The molecule has 0 radical (unpaired) electrons. The van der Waals surface area contributed by atoms with Gasteiger partial charge in [0.2, 0.25) is 5.76 Å². The SMILES string of the molecule is O=C(Nc1cccc([N+](=O)[O-])c1)c1cc(-c2ccccc2)no1. The lowest BCUT2D eigenvalue weighted by atomic mass is 10.1. The molecule has 0 fully saturated rings. The quantitative estimate of drug-likeness (QED) is 0.587. The highest BCUT2D eigenvalue weighted by molar-refractivity contribution is 6.02. The van der Waals surface area contributed by atoms with Gasteiger partial charge in [0, 0.05) is 29.4 Å². The second kappa shape index (κ2) is 6.10. The Morgan fingerprint density at radius 2 is 1.87 bits per heavy atom. The predicted molar refractivity (Wildman–Crippen MR) is 83.0 cm³/mol. The maximum atomic E-state index is 12.1. The molecule has 0 saturated carbocycles. The maximum Gasteiger partial charge on any atom is 0.294 e. The molecule has 114 valence electrons. The van der Waals surface area contributed by atoms with Gasteiger partial charge in [0.15, 0.2) is 0 Å². The Bertz CT molecular complexity index is 859. The van der Waals surface area contributed by atoms with Crippen molar-refractivity contribution in [2.75, 3.05) is 5.32 Å². The summed E-state index contributed by atoms with van der Waals surface area (Å²) in [5.41, 5.74) is 1.56. The molecule has 7 nitrogen and oxygen atoms in total. The summed E-state index contributed by atoms with van der Waals surface area (Å²) in [7, 11) is 0. The Labute approximate surface area is 130 Å². The van der Waals surface area contributed by atoms with E-state index in [4.69, 9.17) is 4.52 Å². The van der Waals surface area contributed by atoms with Crippen LogP contribution < -0.4 is 5.32 Å². The highest BCUT2D eigenvalue weighted by atomic mass is 16.6. The van der Waals surface area contributed by atoms with Crippen molar-refractivity contribution < 1.29 is 14.2 Å². The lowest BCUT2D eigenvalue weighted by Crippen LogP contribution is -2.10. The lowest BCUT2D eigenvalue weighted by Gasteiger charge is -2.01. The molecular weight excluding hydrogens is 298 g/mol. The molecule has 1 amide bonds. The van der Waals surface area contributed by atoms with Crippen molar-refractivity contribution >= 4 is 17.3 Å². The zero-order valence-corrected chi connectivity index (χ0v) is 11.8. The minimum atomic E-state index is -0.530. The Hall–Kier alpha value is -3.48. The largest absolute Gasteiger partial charge is 0.350 e. The van der Waals surface area contributed by atoms with E-state index < -0.39 is 10.8 Å². The number of rotatable bonds is 4. The van der Waals surface area contributed by atoms with E-state index in [0.29, 0.717) is 11.4 Å². The zero-order valence-electron chi connectivity index (χ0n) is 11.8. The standard InChI is InChI=1S/C16H11N3O4/c20-16(17-12-7-4-8-13(9-12)19(21)22)15-10-14(18-23-15)11-5-2-1-3-6-11/h1-10H,(H,17,20). The van der Waals surface area contributed by atoms with Crippen LogP contribution in [0.5, 0.6) is 0 Å². The van der Waals surface area contributed by atoms with Gasteiger partial charge in [-0.1, -0.05) is 41.6 Å². The molecule has 2 aromatic carbocycles. The van der Waals surface area contributed by atoms with Crippen molar-refractivity contribution in [3.63, 3.8) is 0 Å². The number of nitro groups is 1. The average molecular weight is 309 g/mol. The van der Waals surface area contributed by atoms with E-state index in [2.05, 4.69) is 10.5 Å². The summed E-state index contributed by atoms with van der Waals surface area (Å²) in [6, 6.07) is 16.5. The number of hydrogen-bond donors (Lipinski definition) is 1. The van der Waals surface area contributed by atoms with Crippen molar-refractivity contribution in [1.29, 1.82) is 0 Å². The number of nitrogens with zero attached hydrogens (tertiary/aromatic N) is 2. The van der Waals surface area contributed by atoms with Gasteiger partial charge in [-0.15, -0.1) is 0 Å². The summed E-state index contributed by atoms with van der Waals surface area (Å²) in [6.45, 7) is 0. The number of non-ortho nitro benzene ring substituents is 1. The molecule has 0 unspecified atom stereocenters. The van der Waals surface area contributed by atoms with Crippen LogP contribution in [-0.2, 0) is 0 Å². The Balaban J connectivity index is 1.78. The van der Waals surface area contributed by atoms with Crippen LogP contribution in [0.4, 0.5) is 11.4 Å². The number of carbonyl (C=O) groups is 1. The zero-order chi connectivity index (χ0) is 16.2. The molecule has 0 aliphatic heterocycles. The van der Waals surface area contributed by atoms with Crippen molar-refractivity contribution in [2.45, 2.75) is 0 Å². The van der Waals surface area contributed by atoms with E-state index in [1.807, 2.05) is 30.3 Å². The first-order valence-electron chi connectivity index (χ1n) is 6.71. The highest BCUT2D eigenvalue weighted by Crippen LogP contribution is 2.21. The van der Waals surface area contributed by atoms with Gasteiger partial charge in [-0.2, -0.15) is 0 Å². The van der Waals surface area contributed by atoms with E-state index in [9.17, 15) is 14.9 Å². The number of nitrogens with one attached hydrogen (secondary N) is 1. The number of anilines is 1. The van der Waals surface area contributed by atoms with Crippen LogP contribution in [0.1, 0.15) is 10.6 Å². The predicted octanol–water partition coefficient (Wildman–Crippen LogP) is 3.50. The highest BCUT2D eigenvalue weighted by Gasteiger charge is 2.15. The number of nitro benzene ring substituents is 1. The second-order valence-electron chi connectivity index (χ2n) is 4.70. The van der Waals surface area contributed by atoms with Crippen LogP contribution in [0, 0.1) is 10.1 Å². The number of hydrogen-bond acceptors (Lipinski definition) is 5. The maximum absolute atomic E-state index is 12.1. The summed E-state index contributed by atoms with van der Waals surface area (Å²) < 4.78 is 5.03. The minimum Gasteiger partial charge on any atom is -0.350 e. The molecule has 0 aliphatic rings. The number of carbonyl (C=O) groups excluding carboxylic acids is 1. The van der Waals surface area contributed by atoms with Crippen LogP contribution >= 0.6 is 0 Å². The molecule has 1 N–H and O–H groups in total. The second-order valence-corrected chi connectivity index (χ2v) is 4.70. The molecule has 23 heavy (non-hydrogen) atoms. The van der Waals surface area contributed by atoms with Gasteiger partial charge in [-0.25, -0.2) is 0 Å². The van der Waals surface area contributed by atoms with Crippen LogP contribution in [0.3, 0.4) is 0 Å². The van der Waals surface area contributed by atoms with E-state index in [0.717, 1.165) is 5.56 Å². The van der Waals surface area contributed by atoms with Gasteiger partial charge in [0.25, 0.3) is 11.6 Å². The van der Waals surface area contributed by atoms with Crippen molar-refractivity contribution in [2.24, 2.45) is 0 Å². The fourth-order valence-corrected chi connectivity index (χ4v) is 2.02. The molecular formula is C16H11N3O4. The summed E-state index contributed by atoms with van der Waals surface area (Å²) >= 11 is 0. The van der Waals surface area contributed by atoms with Gasteiger partial charge < -0.3 is 9.84 Å². The normalized spacial score (nSPS) is 10.3. The molecule has 0 atom stereocenters. The molecule has 0 spiro atoms. The van der Waals surface area contributed by atoms with E-state index in [-0.39, 0.29) is 11.4 Å². The lowest BCUT2D eigenvalue weighted by molar-refractivity contribution is -0.384.